The van der Waals surface area contributed by atoms with E-state index in [1.807, 2.05) is 23.8 Å². The van der Waals surface area contributed by atoms with Gasteiger partial charge in [0.1, 0.15) is 5.69 Å². The number of nitrogens with one attached hydrogen (secondary N) is 1. The van der Waals surface area contributed by atoms with Crippen molar-refractivity contribution in [3.63, 3.8) is 0 Å². The third-order valence-electron chi connectivity index (χ3n) is 3.53. The largest absolute Gasteiger partial charge is 0.344 e. The number of carbonyl (C=O) groups is 1. The van der Waals surface area contributed by atoms with Crippen molar-refractivity contribution in [3.8, 4) is 0 Å². The summed E-state index contributed by atoms with van der Waals surface area (Å²) in [6.45, 7) is 8.18. The quantitative estimate of drug-likeness (QED) is 0.858. The predicted molar refractivity (Wildman–Crippen MR) is 89.6 cm³/mol. The van der Waals surface area contributed by atoms with Crippen LogP contribution in [0.4, 0.5) is 0 Å². The molecule has 112 valence electrons. The topological polar surface area (TPSA) is 34.0 Å². The van der Waals surface area contributed by atoms with Gasteiger partial charge in [-0.2, -0.15) is 0 Å². The van der Waals surface area contributed by atoms with Gasteiger partial charge in [-0.05, 0) is 55.3 Å². The number of hydrogen-bond donors (Lipinski definition) is 1. The van der Waals surface area contributed by atoms with Gasteiger partial charge in [-0.1, -0.05) is 29.8 Å². The second-order valence-electron chi connectivity index (χ2n) is 5.65. The molecule has 1 unspecified atom stereocenters. The summed E-state index contributed by atoms with van der Waals surface area (Å²) in [5, 5.41) is 3.06. The van der Waals surface area contributed by atoms with E-state index in [9.17, 15) is 4.79 Å². The van der Waals surface area contributed by atoms with E-state index in [1.165, 1.54) is 5.56 Å². The highest BCUT2D eigenvalue weighted by molar-refractivity contribution is 9.10. The Balaban J connectivity index is 2.16. The zero-order chi connectivity index (χ0) is 15.6. The van der Waals surface area contributed by atoms with Crippen LogP contribution in [-0.2, 0) is 0 Å². The van der Waals surface area contributed by atoms with Gasteiger partial charge in [-0.25, -0.2) is 0 Å². The van der Waals surface area contributed by atoms with E-state index < -0.39 is 0 Å². The Morgan fingerprint density at radius 3 is 2.38 bits per heavy atom. The predicted octanol–water partition coefficient (Wildman–Crippen LogP) is 4.63. The monoisotopic (exact) mass is 348 g/mol. The number of hydrogen-bond acceptors (Lipinski definition) is 1. The summed E-state index contributed by atoms with van der Waals surface area (Å²) in [4.78, 5) is 12.5. The van der Waals surface area contributed by atoms with Crippen LogP contribution in [0, 0.1) is 6.92 Å². The minimum Gasteiger partial charge on any atom is -0.344 e. The molecule has 1 aromatic heterocycles. The summed E-state index contributed by atoms with van der Waals surface area (Å²) in [6, 6.07) is 10.3. The molecule has 2 aromatic rings. The molecule has 1 atom stereocenters. The van der Waals surface area contributed by atoms with Crippen LogP contribution < -0.4 is 5.32 Å². The van der Waals surface area contributed by atoms with Crippen LogP contribution >= 0.6 is 15.9 Å². The van der Waals surface area contributed by atoms with Crippen LogP contribution in [0.5, 0.6) is 0 Å². The lowest BCUT2D eigenvalue weighted by atomic mass is 10.1. The number of aromatic nitrogens is 1. The minimum absolute atomic E-state index is 0.0209. The average molecular weight is 349 g/mol. The van der Waals surface area contributed by atoms with Crippen molar-refractivity contribution in [2.75, 3.05) is 0 Å². The van der Waals surface area contributed by atoms with Crippen LogP contribution in [0.1, 0.15) is 54.5 Å². The van der Waals surface area contributed by atoms with Gasteiger partial charge >= 0.3 is 0 Å². The van der Waals surface area contributed by atoms with Crippen LogP contribution in [0.2, 0.25) is 0 Å². The van der Waals surface area contributed by atoms with Crippen molar-refractivity contribution in [1.82, 2.24) is 9.88 Å². The Bertz CT molecular complexity index is 629. The van der Waals surface area contributed by atoms with Gasteiger partial charge in [-0.15, -0.1) is 0 Å². The number of halogens is 1. The first-order valence-electron chi connectivity index (χ1n) is 7.13. The first kappa shape index (κ1) is 15.8. The standard InChI is InChI=1S/C17H21BrN2O/c1-11(2)20-10-15(18)9-16(20)17(21)19-13(4)14-7-5-12(3)6-8-14/h5-11,13H,1-4H3,(H,19,21). The molecule has 21 heavy (non-hydrogen) atoms. The summed E-state index contributed by atoms with van der Waals surface area (Å²) >= 11 is 3.44. The molecule has 0 fully saturated rings. The summed E-state index contributed by atoms with van der Waals surface area (Å²) in [5.74, 6) is -0.0533. The van der Waals surface area contributed by atoms with Gasteiger partial charge in [0, 0.05) is 16.7 Å². The average Bonchev–Trinajstić information content (AvgIpc) is 2.82. The Labute approximate surface area is 134 Å². The van der Waals surface area contributed by atoms with Crippen molar-refractivity contribution < 1.29 is 4.79 Å². The third kappa shape index (κ3) is 3.76. The summed E-state index contributed by atoms with van der Waals surface area (Å²) in [5.41, 5.74) is 3.00. The fourth-order valence-electron chi connectivity index (χ4n) is 2.26. The fourth-order valence-corrected chi connectivity index (χ4v) is 2.70. The van der Waals surface area contributed by atoms with Gasteiger partial charge in [0.05, 0.1) is 6.04 Å². The molecule has 2 rings (SSSR count). The van der Waals surface area contributed by atoms with Gasteiger partial charge in [-0.3, -0.25) is 4.79 Å². The Kier molecular flexibility index (Phi) is 4.88. The highest BCUT2D eigenvalue weighted by Crippen LogP contribution is 2.20. The van der Waals surface area contributed by atoms with Crippen LogP contribution in [0.15, 0.2) is 41.0 Å². The lowest BCUT2D eigenvalue weighted by molar-refractivity contribution is 0.0929. The zero-order valence-electron chi connectivity index (χ0n) is 12.9. The number of amides is 1. The molecule has 1 N–H and O–H groups in total. The molecule has 0 saturated carbocycles. The van der Waals surface area contributed by atoms with E-state index in [2.05, 4.69) is 66.3 Å². The van der Waals surface area contributed by atoms with Crippen LogP contribution in [0.3, 0.4) is 0 Å². The van der Waals surface area contributed by atoms with E-state index in [0.29, 0.717) is 5.69 Å². The number of carbonyl (C=O) groups excluding carboxylic acids is 1. The molecule has 3 nitrogen and oxygen atoms in total. The SMILES string of the molecule is Cc1ccc(C(C)NC(=O)c2cc(Br)cn2C(C)C)cc1. The van der Waals surface area contributed by atoms with Crippen molar-refractivity contribution in [3.05, 3.63) is 57.8 Å². The van der Waals surface area contributed by atoms with Gasteiger partial charge < -0.3 is 9.88 Å². The third-order valence-corrected chi connectivity index (χ3v) is 3.96. The van der Waals surface area contributed by atoms with E-state index in [-0.39, 0.29) is 18.0 Å². The maximum atomic E-state index is 12.5. The van der Waals surface area contributed by atoms with Crippen LogP contribution in [0.25, 0.3) is 0 Å². The maximum Gasteiger partial charge on any atom is 0.268 e. The molecule has 0 aliphatic heterocycles. The molecule has 4 heteroatoms. The van der Waals surface area contributed by atoms with Gasteiger partial charge in [0.2, 0.25) is 0 Å². The van der Waals surface area contributed by atoms with Crippen molar-refractivity contribution in [1.29, 1.82) is 0 Å². The van der Waals surface area contributed by atoms with Crippen molar-refractivity contribution in [2.45, 2.75) is 39.8 Å². The first-order chi connectivity index (χ1) is 9.88. The van der Waals surface area contributed by atoms with E-state index in [1.54, 1.807) is 0 Å². The number of aryl methyl sites for hydroxylation is 1. The molecule has 1 heterocycles. The normalized spacial score (nSPS) is 12.5. The Morgan fingerprint density at radius 1 is 1.19 bits per heavy atom. The zero-order valence-corrected chi connectivity index (χ0v) is 14.4. The molecule has 0 radical (unpaired) electrons. The summed E-state index contributed by atoms with van der Waals surface area (Å²) in [6.07, 6.45) is 1.94. The van der Waals surface area contributed by atoms with Crippen molar-refractivity contribution in [2.24, 2.45) is 0 Å². The van der Waals surface area contributed by atoms with E-state index >= 15 is 0 Å². The fraction of sp³-hybridized carbons (Fsp3) is 0.353. The molecule has 0 bridgehead atoms. The molecule has 0 aliphatic rings. The summed E-state index contributed by atoms with van der Waals surface area (Å²) < 4.78 is 2.89. The second kappa shape index (κ2) is 6.48. The smallest absolute Gasteiger partial charge is 0.268 e. The van der Waals surface area contributed by atoms with E-state index in [0.717, 1.165) is 10.0 Å². The van der Waals surface area contributed by atoms with Gasteiger partial charge in [0.15, 0.2) is 0 Å². The summed E-state index contributed by atoms with van der Waals surface area (Å²) in [7, 11) is 0. The van der Waals surface area contributed by atoms with Crippen molar-refractivity contribution >= 4 is 21.8 Å². The lowest BCUT2D eigenvalue weighted by Gasteiger charge is -2.17. The Morgan fingerprint density at radius 2 is 1.81 bits per heavy atom. The molecule has 1 amide bonds. The molecular formula is C17H21BrN2O. The highest BCUT2D eigenvalue weighted by atomic mass is 79.9. The lowest BCUT2D eigenvalue weighted by Crippen LogP contribution is -2.28. The molecule has 0 aliphatic carbocycles. The number of rotatable bonds is 4. The van der Waals surface area contributed by atoms with Crippen LogP contribution in [-0.4, -0.2) is 10.5 Å². The van der Waals surface area contributed by atoms with Gasteiger partial charge in [0.25, 0.3) is 5.91 Å². The minimum atomic E-state index is -0.0533. The first-order valence-corrected chi connectivity index (χ1v) is 7.92. The molecular weight excluding hydrogens is 328 g/mol. The Hall–Kier alpha value is -1.55. The van der Waals surface area contributed by atoms with E-state index in [4.69, 9.17) is 0 Å². The molecule has 1 aromatic carbocycles. The number of benzene rings is 1. The molecule has 0 spiro atoms. The maximum absolute atomic E-state index is 12.5. The molecule has 0 saturated heterocycles. The second-order valence-corrected chi connectivity index (χ2v) is 6.57. The highest BCUT2D eigenvalue weighted by Gasteiger charge is 2.17. The number of nitrogens with zero attached hydrogens (tertiary/aromatic N) is 1.